The summed E-state index contributed by atoms with van der Waals surface area (Å²) in [4.78, 5) is 38.4. The first kappa shape index (κ1) is 73.2. The summed E-state index contributed by atoms with van der Waals surface area (Å²) in [5, 5.41) is 0. The third-order valence-electron chi connectivity index (χ3n) is 15.8. The van der Waals surface area contributed by atoms with Gasteiger partial charge in [0.25, 0.3) is 0 Å². The van der Waals surface area contributed by atoms with Crippen LogP contribution in [0.1, 0.15) is 393 Å². The molecule has 0 aromatic carbocycles. The maximum Gasteiger partial charge on any atom is 0.306 e. The second kappa shape index (κ2) is 64.7. The second-order valence-electron chi connectivity index (χ2n) is 23.5. The molecule has 0 bridgehead atoms. The first-order valence-electron chi connectivity index (χ1n) is 34.2. The van der Waals surface area contributed by atoms with Crippen LogP contribution < -0.4 is 0 Å². The Labute approximate surface area is 469 Å². The summed E-state index contributed by atoms with van der Waals surface area (Å²) in [7, 11) is 0. The zero-order chi connectivity index (χ0) is 54.3. The monoisotopic (exact) mass is 1060 g/mol. The highest BCUT2D eigenvalue weighted by Crippen LogP contribution is 2.19. The van der Waals surface area contributed by atoms with E-state index in [2.05, 4.69) is 32.9 Å². The lowest BCUT2D eigenvalue weighted by Gasteiger charge is -2.18. The van der Waals surface area contributed by atoms with Gasteiger partial charge >= 0.3 is 17.9 Å². The Bertz CT molecular complexity index is 1170. The Morgan fingerprint density at radius 2 is 0.440 bits per heavy atom. The van der Waals surface area contributed by atoms with Crippen LogP contribution in [0.4, 0.5) is 0 Å². The van der Waals surface area contributed by atoms with Gasteiger partial charge in [-0.15, -0.1) is 0 Å². The molecule has 0 fully saturated rings. The second-order valence-corrected chi connectivity index (χ2v) is 23.5. The normalized spacial score (nSPS) is 12.0. The molecule has 0 saturated heterocycles. The first-order valence-corrected chi connectivity index (χ1v) is 34.2. The number of carbonyl (C=O) groups is 3. The largest absolute Gasteiger partial charge is 0.462 e. The molecule has 0 N–H and O–H groups in total. The van der Waals surface area contributed by atoms with Crippen molar-refractivity contribution in [3.8, 4) is 0 Å². The van der Waals surface area contributed by atoms with E-state index in [1.165, 1.54) is 289 Å². The van der Waals surface area contributed by atoms with Crippen molar-refractivity contribution in [3.63, 3.8) is 0 Å². The Morgan fingerprint density at radius 1 is 0.253 bits per heavy atom. The van der Waals surface area contributed by atoms with Crippen LogP contribution in [0, 0.1) is 0 Å². The standard InChI is InChI=1S/C69H132O6/c1-4-7-10-13-16-19-22-25-28-30-32-34-35-37-38-41-44-47-50-53-56-59-62-68(71)74-65-66(64-73-67(70)61-58-55-52-49-46-43-40-27-24-21-18-15-12-9-6-3)75-69(72)63-60-57-54-51-48-45-42-39-36-33-31-29-26-23-20-17-14-11-8-5-2/h27,40,66H,4-26,28-39,41-65H2,1-3H3/b40-27-. The third kappa shape index (κ3) is 62.9. The highest BCUT2D eigenvalue weighted by Gasteiger charge is 2.19. The minimum Gasteiger partial charge on any atom is -0.462 e. The Kier molecular flexibility index (Phi) is 63.1. The van der Waals surface area contributed by atoms with Crippen molar-refractivity contribution in [2.24, 2.45) is 0 Å². The smallest absolute Gasteiger partial charge is 0.306 e. The predicted molar refractivity (Wildman–Crippen MR) is 326 cm³/mol. The Balaban J connectivity index is 4.26. The minimum absolute atomic E-state index is 0.0657. The molecular weight excluding hydrogens is 925 g/mol. The number of esters is 3. The average Bonchev–Trinajstić information content (AvgIpc) is 3.41. The number of ether oxygens (including phenoxy) is 3. The zero-order valence-corrected chi connectivity index (χ0v) is 51.1. The van der Waals surface area contributed by atoms with Gasteiger partial charge in [-0.3, -0.25) is 14.4 Å². The summed E-state index contributed by atoms with van der Waals surface area (Å²) in [5.41, 5.74) is 0. The molecule has 1 unspecified atom stereocenters. The summed E-state index contributed by atoms with van der Waals surface area (Å²) in [6.45, 7) is 6.72. The quantitative estimate of drug-likeness (QED) is 0.0261. The number of hydrogen-bond acceptors (Lipinski definition) is 6. The lowest BCUT2D eigenvalue weighted by molar-refractivity contribution is -0.167. The maximum absolute atomic E-state index is 12.9. The molecule has 0 rings (SSSR count). The van der Waals surface area contributed by atoms with Gasteiger partial charge in [-0.1, -0.05) is 341 Å². The summed E-state index contributed by atoms with van der Waals surface area (Å²) in [5.74, 6) is -0.840. The molecule has 6 nitrogen and oxygen atoms in total. The van der Waals surface area contributed by atoms with Crippen LogP contribution in [0.5, 0.6) is 0 Å². The molecule has 0 heterocycles. The van der Waals surface area contributed by atoms with Gasteiger partial charge in [0.1, 0.15) is 13.2 Å². The predicted octanol–water partition coefficient (Wildman–Crippen LogP) is 23.2. The highest BCUT2D eigenvalue weighted by molar-refractivity contribution is 5.71. The third-order valence-corrected chi connectivity index (χ3v) is 15.8. The molecule has 0 aliphatic carbocycles. The molecule has 75 heavy (non-hydrogen) atoms. The number of carbonyl (C=O) groups excluding carboxylic acids is 3. The molecule has 6 heteroatoms. The molecule has 0 aliphatic heterocycles. The van der Waals surface area contributed by atoms with Crippen molar-refractivity contribution < 1.29 is 28.6 Å². The van der Waals surface area contributed by atoms with Crippen LogP contribution in [-0.2, 0) is 28.6 Å². The van der Waals surface area contributed by atoms with Crippen molar-refractivity contribution in [1.29, 1.82) is 0 Å². The van der Waals surface area contributed by atoms with Crippen molar-refractivity contribution in [1.82, 2.24) is 0 Å². The number of unbranched alkanes of at least 4 members (excludes halogenated alkanes) is 51. The van der Waals surface area contributed by atoms with Crippen LogP contribution >= 0.6 is 0 Å². The summed E-state index contributed by atoms with van der Waals surface area (Å²) < 4.78 is 17.0. The van der Waals surface area contributed by atoms with E-state index in [-0.39, 0.29) is 31.1 Å². The Morgan fingerprint density at radius 3 is 0.667 bits per heavy atom. The Hall–Kier alpha value is -1.85. The van der Waals surface area contributed by atoms with Crippen LogP contribution in [0.2, 0.25) is 0 Å². The van der Waals surface area contributed by atoms with Gasteiger partial charge in [0.15, 0.2) is 6.10 Å². The van der Waals surface area contributed by atoms with Crippen molar-refractivity contribution >= 4 is 17.9 Å². The average molecular weight is 1060 g/mol. The van der Waals surface area contributed by atoms with Gasteiger partial charge in [0, 0.05) is 19.3 Å². The molecule has 444 valence electrons. The lowest BCUT2D eigenvalue weighted by atomic mass is 10.0. The zero-order valence-electron chi connectivity index (χ0n) is 51.1. The summed E-state index contributed by atoms with van der Waals surface area (Å²) in [6, 6.07) is 0. The van der Waals surface area contributed by atoms with Crippen LogP contribution in [-0.4, -0.2) is 37.2 Å². The van der Waals surface area contributed by atoms with Gasteiger partial charge in [-0.25, -0.2) is 0 Å². The van der Waals surface area contributed by atoms with Crippen molar-refractivity contribution in [2.45, 2.75) is 399 Å². The molecule has 0 spiro atoms. The number of rotatable bonds is 64. The van der Waals surface area contributed by atoms with E-state index in [4.69, 9.17) is 14.2 Å². The van der Waals surface area contributed by atoms with Gasteiger partial charge in [0.2, 0.25) is 0 Å². The molecule has 1 atom stereocenters. The SMILES string of the molecule is CCCCCCCC/C=C\CCCCCCCC(=O)OCC(COC(=O)CCCCCCCCCCCCCCCCCCCCCCCC)OC(=O)CCCCCCCCCCCCCCCCCCCCCC. The van der Waals surface area contributed by atoms with Gasteiger partial charge in [-0.2, -0.15) is 0 Å². The minimum atomic E-state index is -0.769. The highest BCUT2D eigenvalue weighted by atomic mass is 16.6. The molecule has 0 aliphatic rings. The molecular formula is C69H132O6. The molecule has 0 saturated carbocycles. The maximum atomic E-state index is 12.9. The lowest BCUT2D eigenvalue weighted by Crippen LogP contribution is -2.30. The number of hydrogen-bond donors (Lipinski definition) is 0. The summed E-state index contributed by atoms with van der Waals surface area (Å²) in [6.07, 6.45) is 76.6. The molecule has 0 amide bonds. The van der Waals surface area contributed by atoms with Crippen LogP contribution in [0.3, 0.4) is 0 Å². The molecule has 0 aromatic rings. The van der Waals surface area contributed by atoms with Crippen LogP contribution in [0.25, 0.3) is 0 Å². The fraction of sp³-hybridized carbons (Fsp3) is 0.928. The topological polar surface area (TPSA) is 78.9 Å². The van der Waals surface area contributed by atoms with Crippen LogP contribution in [0.15, 0.2) is 12.2 Å². The van der Waals surface area contributed by atoms with Crippen molar-refractivity contribution in [3.05, 3.63) is 12.2 Å². The van der Waals surface area contributed by atoms with E-state index in [1.807, 2.05) is 0 Å². The van der Waals surface area contributed by atoms with Gasteiger partial charge < -0.3 is 14.2 Å². The molecule has 0 radical (unpaired) electrons. The van der Waals surface area contributed by atoms with E-state index >= 15 is 0 Å². The van der Waals surface area contributed by atoms with E-state index < -0.39 is 6.10 Å². The fourth-order valence-electron chi connectivity index (χ4n) is 10.6. The van der Waals surface area contributed by atoms with E-state index in [0.29, 0.717) is 19.3 Å². The first-order chi connectivity index (χ1) is 37.0. The number of allylic oxidation sites excluding steroid dienone is 2. The van der Waals surface area contributed by atoms with Gasteiger partial charge in [0.05, 0.1) is 0 Å². The summed E-state index contributed by atoms with van der Waals surface area (Å²) >= 11 is 0. The van der Waals surface area contributed by atoms with E-state index in [9.17, 15) is 14.4 Å². The fourth-order valence-corrected chi connectivity index (χ4v) is 10.6. The van der Waals surface area contributed by atoms with E-state index in [1.54, 1.807) is 0 Å². The molecule has 0 aromatic heterocycles. The van der Waals surface area contributed by atoms with Crippen molar-refractivity contribution in [2.75, 3.05) is 13.2 Å². The van der Waals surface area contributed by atoms with E-state index in [0.717, 1.165) is 64.2 Å². The van der Waals surface area contributed by atoms with Gasteiger partial charge in [-0.05, 0) is 44.9 Å².